The first-order valence-corrected chi connectivity index (χ1v) is 8.92. The van der Waals surface area contributed by atoms with E-state index in [1.54, 1.807) is 7.11 Å². The van der Waals surface area contributed by atoms with Crippen molar-refractivity contribution in [2.24, 2.45) is 23.2 Å². The van der Waals surface area contributed by atoms with Gasteiger partial charge in [0.25, 0.3) is 0 Å². The molecule has 0 radical (unpaired) electrons. The van der Waals surface area contributed by atoms with E-state index in [-0.39, 0.29) is 6.10 Å². The van der Waals surface area contributed by atoms with E-state index in [2.05, 4.69) is 34.6 Å². The van der Waals surface area contributed by atoms with Gasteiger partial charge in [-0.2, -0.15) is 0 Å². The number of rotatable bonds is 5. The number of allylic oxidation sites excluding steroid dienone is 1. The molecule has 1 aliphatic heterocycles. The molecule has 2 fully saturated rings. The molecule has 0 aromatic heterocycles. The van der Waals surface area contributed by atoms with Gasteiger partial charge in [0.15, 0.2) is 0 Å². The monoisotopic (exact) mass is 330 g/mol. The predicted molar refractivity (Wildman–Crippen MR) is 96.5 cm³/mol. The molecule has 1 saturated carbocycles. The van der Waals surface area contributed by atoms with E-state index in [1.807, 2.05) is 24.3 Å². The zero-order valence-electron chi connectivity index (χ0n) is 15.8. The molecule has 24 heavy (non-hydrogen) atoms. The van der Waals surface area contributed by atoms with Crippen LogP contribution in [-0.2, 0) is 4.74 Å². The summed E-state index contributed by atoms with van der Waals surface area (Å²) in [5, 5.41) is 0. The summed E-state index contributed by atoms with van der Waals surface area (Å²) in [4.78, 5) is 0. The number of ether oxygens (including phenoxy) is 3. The van der Waals surface area contributed by atoms with Crippen molar-refractivity contribution >= 4 is 0 Å². The second-order valence-corrected chi connectivity index (χ2v) is 8.08. The van der Waals surface area contributed by atoms with Gasteiger partial charge in [-0.3, -0.25) is 0 Å². The third-order valence-corrected chi connectivity index (χ3v) is 5.81. The lowest BCUT2D eigenvalue weighted by Crippen LogP contribution is -2.34. The van der Waals surface area contributed by atoms with Gasteiger partial charge in [0.2, 0.25) is 0 Å². The lowest BCUT2D eigenvalue weighted by molar-refractivity contribution is 0.000214. The highest BCUT2D eigenvalue weighted by atomic mass is 16.5. The normalized spacial score (nSPS) is 28.8. The van der Waals surface area contributed by atoms with Crippen molar-refractivity contribution in [1.29, 1.82) is 0 Å². The highest BCUT2D eigenvalue weighted by Crippen LogP contribution is 2.65. The summed E-state index contributed by atoms with van der Waals surface area (Å²) in [7, 11) is 1.67. The van der Waals surface area contributed by atoms with Crippen molar-refractivity contribution < 1.29 is 14.2 Å². The van der Waals surface area contributed by atoms with E-state index in [0.717, 1.165) is 18.1 Å². The van der Waals surface area contributed by atoms with Crippen molar-refractivity contribution in [1.82, 2.24) is 0 Å². The van der Waals surface area contributed by atoms with E-state index in [4.69, 9.17) is 14.2 Å². The summed E-state index contributed by atoms with van der Waals surface area (Å²) >= 11 is 0. The van der Waals surface area contributed by atoms with Crippen LogP contribution in [0.4, 0.5) is 0 Å². The van der Waals surface area contributed by atoms with Crippen molar-refractivity contribution in [2.45, 2.75) is 40.7 Å². The Hall–Kier alpha value is -1.48. The molecule has 0 N–H and O–H groups in total. The third-order valence-electron chi connectivity index (χ3n) is 5.81. The number of methoxy groups -OCH3 is 1. The molecule has 1 saturated heterocycles. The Labute approximate surface area is 146 Å². The first kappa shape index (κ1) is 17.3. The second kappa shape index (κ2) is 6.44. The Kier molecular flexibility index (Phi) is 4.65. The zero-order chi connectivity index (χ0) is 17.5. The van der Waals surface area contributed by atoms with Crippen molar-refractivity contribution in [2.75, 3.05) is 20.3 Å². The number of fused-ring (bicyclic) bond motifs is 1. The van der Waals surface area contributed by atoms with Gasteiger partial charge in [0, 0.05) is 5.92 Å². The maximum Gasteiger partial charge on any atom is 0.119 e. The molecule has 3 heteroatoms. The van der Waals surface area contributed by atoms with Gasteiger partial charge in [-0.1, -0.05) is 26.3 Å². The van der Waals surface area contributed by atoms with Crippen LogP contribution < -0.4 is 9.47 Å². The molecule has 1 aromatic rings. The summed E-state index contributed by atoms with van der Waals surface area (Å²) < 4.78 is 17.4. The average Bonchev–Trinajstić information content (AvgIpc) is 3.13. The number of benzene rings is 1. The first-order chi connectivity index (χ1) is 11.4. The molecular formula is C21H30O3. The SMILES string of the molecule is COc1ccc(OC[C@H](C)[C@H]2OC[C@@H]3[C@H](C2=C(C)C)C3(C)C)cc1. The van der Waals surface area contributed by atoms with Gasteiger partial charge < -0.3 is 14.2 Å². The maximum atomic E-state index is 6.27. The Morgan fingerprint density at radius 2 is 1.83 bits per heavy atom. The summed E-state index contributed by atoms with van der Waals surface area (Å²) in [6.45, 7) is 13.0. The third kappa shape index (κ3) is 3.06. The molecule has 4 atom stereocenters. The first-order valence-electron chi connectivity index (χ1n) is 8.92. The van der Waals surface area contributed by atoms with E-state index in [9.17, 15) is 0 Å². The molecule has 3 nitrogen and oxygen atoms in total. The Balaban J connectivity index is 1.65. The highest BCUT2D eigenvalue weighted by Gasteiger charge is 2.63. The van der Waals surface area contributed by atoms with Gasteiger partial charge in [-0.15, -0.1) is 0 Å². The molecule has 0 amide bonds. The fraction of sp³-hybridized carbons (Fsp3) is 0.619. The van der Waals surface area contributed by atoms with Gasteiger partial charge in [-0.05, 0) is 60.9 Å². The lowest BCUT2D eigenvalue weighted by atomic mass is 9.87. The van der Waals surface area contributed by atoms with E-state index in [1.165, 1.54) is 11.1 Å². The fourth-order valence-electron chi connectivity index (χ4n) is 4.20. The molecule has 1 aromatic carbocycles. The van der Waals surface area contributed by atoms with Crippen LogP contribution in [0.25, 0.3) is 0 Å². The molecule has 0 spiro atoms. The van der Waals surface area contributed by atoms with Crippen LogP contribution >= 0.6 is 0 Å². The molecule has 2 aliphatic rings. The van der Waals surface area contributed by atoms with E-state index < -0.39 is 0 Å². The minimum absolute atomic E-state index is 0.177. The molecule has 1 aliphatic carbocycles. The van der Waals surface area contributed by atoms with Crippen molar-refractivity contribution in [3.05, 3.63) is 35.4 Å². The van der Waals surface area contributed by atoms with Crippen LogP contribution in [0.2, 0.25) is 0 Å². The van der Waals surface area contributed by atoms with Crippen LogP contribution in [-0.4, -0.2) is 26.4 Å². The molecule has 0 unspecified atom stereocenters. The Morgan fingerprint density at radius 1 is 1.21 bits per heavy atom. The fourth-order valence-corrected chi connectivity index (χ4v) is 4.20. The largest absolute Gasteiger partial charge is 0.497 e. The number of hydrogen-bond acceptors (Lipinski definition) is 3. The van der Waals surface area contributed by atoms with Crippen molar-refractivity contribution in [3.63, 3.8) is 0 Å². The summed E-state index contributed by atoms with van der Waals surface area (Å²) in [5.41, 5.74) is 3.32. The number of hydrogen-bond donors (Lipinski definition) is 0. The second-order valence-electron chi connectivity index (χ2n) is 8.08. The summed E-state index contributed by atoms with van der Waals surface area (Å²) in [6.07, 6.45) is 0.177. The molecule has 3 rings (SSSR count). The summed E-state index contributed by atoms with van der Waals surface area (Å²) in [5.74, 6) is 3.43. The highest BCUT2D eigenvalue weighted by molar-refractivity contribution is 5.33. The smallest absolute Gasteiger partial charge is 0.119 e. The van der Waals surface area contributed by atoms with Gasteiger partial charge in [-0.25, -0.2) is 0 Å². The molecule has 132 valence electrons. The van der Waals surface area contributed by atoms with Gasteiger partial charge in [0.05, 0.1) is 26.4 Å². The molecule has 0 bridgehead atoms. The molecule has 1 heterocycles. The lowest BCUT2D eigenvalue weighted by Gasteiger charge is -2.31. The van der Waals surface area contributed by atoms with Crippen LogP contribution in [0, 0.1) is 23.2 Å². The minimum Gasteiger partial charge on any atom is -0.497 e. The van der Waals surface area contributed by atoms with Crippen LogP contribution in [0.1, 0.15) is 34.6 Å². The quantitative estimate of drug-likeness (QED) is 0.731. The standard InChI is InChI=1S/C21H30O3/c1-13(2)18-19-17(21(19,4)5)12-24-20(18)14(3)11-23-16-9-7-15(22-6)8-10-16/h7-10,14,17,19-20H,11-12H2,1-6H3/t14-,17+,19+,20+/m0/s1. The van der Waals surface area contributed by atoms with Gasteiger partial charge in [0.1, 0.15) is 11.5 Å². The summed E-state index contributed by atoms with van der Waals surface area (Å²) in [6, 6.07) is 7.76. The van der Waals surface area contributed by atoms with Gasteiger partial charge >= 0.3 is 0 Å². The van der Waals surface area contributed by atoms with Crippen LogP contribution in [0.5, 0.6) is 11.5 Å². The van der Waals surface area contributed by atoms with E-state index in [0.29, 0.717) is 29.8 Å². The maximum absolute atomic E-state index is 6.27. The Bertz CT molecular complexity index is 610. The minimum atomic E-state index is 0.177. The topological polar surface area (TPSA) is 27.7 Å². The van der Waals surface area contributed by atoms with Crippen LogP contribution in [0.15, 0.2) is 35.4 Å². The van der Waals surface area contributed by atoms with Crippen LogP contribution in [0.3, 0.4) is 0 Å². The van der Waals surface area contributed by atoms with Crippen molar-refractivity contribution in [3.8, 4) is 11.5 Å². The molecular weight excluding hydrogens is 300 g/mol. The predicted octanol–water partition coefficient (Wildman–Crippen LogP) is 4.72. The average molecular weight is 330 g/mol. The zero-order valence-corrected chi connectivity index (χ0v) is 15.8. The van der Waals surface area contributed by atoms with E-state index >= 15 is 0 Å². The Morgan fingerprint density at radius 3 is 2.42 bits per heavy atom.